The number of fused-ring (bicyclic) bond motifs is 3. The van der Waals surface area contributed by atoms with Crippen molar-refractivity contribution in [2.45, 2.75) is 51.0 Å². The molecule has 4 rings (SSSR count). The summed E-state index contributed by atoms with van der Waals surface area (Å²) < 4.78 is 5.67. The van der Waals surface area contributed by atoms with Gasteiger partial charge in [0.05, 0.1) is 5.92 Å². The molecule has 0 saturated heterocycles. The van der Waals surface area contributed by atoms with E-state index < -0.39 is 12.1 Å². The third kappa shape index (κ3) is 5.41. The van der Waals surface area contributed by atoms with Crippen LogP contribution in [-0.4, -0.2) is 42.3 Å². The van der Waals surface area contributed by atoms with E-state index in [9.17, 15) is 14.4 Å². The molecule has 1 fully saturated rings. The predicted octanol–water partition coefficient (Wildman–Crippen LogP) is 4.31. The van der Waals surface area contributed by atoms with Gasteiger partial charge in [0.2, 0.25) is 5.91 Å². The van der Waals surface area contributed by atoms with Crippen LogP contribution < -0.4 is 10.6 Å². The lowest BCUT2D eigenvalue weighted by Crippen LogP contribution is -2.49. The number of ether oxygens (including phenoxy) is 1. The standard InChI is InChI=1S/C27H32N2O5/c1-17(14-25(30)31)15-28-26(32)22-12-6-7-13-24(22)29-27(33)34-16-23-20-10-4-2-8-18(20)19-9-3-5-11-21(19)23/h2-5,8-11,17,22-24H,6-7,12-16H2,1H3,(H,28,32)(H,29,33)(H,30,31). The van der Waals surface area contributed by atoms with Crippen molar-refractivity contribution in [3.63, 3.8) is 0 Å². The van der Waals surface area contributed by atoms with Crippen molar-refractivity contribution in [3.05, 3.63) is 59.7 Å². The largest absolute Gasteiger partial charge is 0.481 e. The maximum absolute atomic E-state index is 12.8. The molecule has 2 aromatic carbocycles. The van der Waals surface area contributed by atoms with Gasteiger partial charge in [0.25, 0.3) is 0 Å². The van der Waals surface area contributed by atoms with Gasteiger partial charge in [-0.1, -0.05) is 68.3 Å². The minimum absolute atomic E-state index is 0.00632. The second kappa shape index (κ2) is 10.7. The predicted molar refractivity (Wildman–Crippen MR) is 128 cm³/mol. The van der Waals surface area contributed by atoms with Crippen molar-refractivity contribution in [2.24, 2.45) is 11.8 Å². The van der Waals surface area contributed by atoms with Crippen molar-refractivity contribution in [1.82, 2.24) is 10.6 Å². The second-order valence-corrected chi connectivity index (χ2v) is 9.42. The molecular weight excluding hydrogens is 432 g/mol. The van der Waals surface area contributed by atoms with E-state index in [0.717, 1.165) is 24.0 Å². The summed E-state index contributed by atoms with van der Waals surface area (Å²) in [4.78, 5) is 36.3. The van der Waals surface area contributed by atoms with Crippen molar-refractivity contribution in [3.8, 4) is 11.1 Å². The van der Waals surface area contributed by atoms with Gasteiger partial charge in [-0.3, -0.25) is 9.59 Å². The number of hydrogen-bond acceptors (Lipinski definition) is 4. The molecule has 1 saturated carbocycles. The molecule has 0 aliphatic heterocycles. The lowest BCUT2D eigenvalue weighted by atomic mass is 9.84. The molecule has 180 valence electrons. The number of aliphatic carboxylic acids is 1. The zero-order chi connectivity index (χ0) is 24.1. The van der Waals surface area contributed by atoms with Gasteiger partial charge in [0, 0.05) is 24.9 Å². The van der Waals surface area contributed by atoms with Crippen LogP contribution in [0.25, 0.3) is 11.1 Å². The Bertz CT molecular complexity index is 1010. The summed E-state index contributed by atoms with van der Waals surface area (Å²) in [7, 11) is 0. The number of carboxylic acid groups (broad SMARTS) is 1. The van der Waals surface area contributed by atoms with Crippen LogP contribution >= 0.6 is 0 Å². The molecule has 0 bridgehead atoms. The van der Waals surface area contributed by atoms with Crippen LogP contribution in [0.3, 0.4) is 0 Å². The maximum atomic E-state index is 12.8. The first kappa shape index (κ1) is 23.8. The zero-order valence-corrected chi connectivity index (χ0v) is 19.5. The third-order valence-corrected chi connectivity index (χ3v) is 6.90. The van der Waals surface area contributed by atoms with E-state index in [1.54, 1.807) is 6.92 Å². The van der Waals surface area contributed by atoms with Crippen molar-refractivity contribution < 1.29 is 24.2 Å². The van der Waals surface area contributed by atoms with Crippen LogP contribution in [0.4, 0.5) is 4.79 Å². The van der Waals surface area contributed by atoms with E-state index in [4.69, 9.17) is 9.84 Å². The van der Waals surface area contributed by atoms with E-state index in [1.807, 2.05) is 24.3 Å². The average molecular weight is 465 g/mol. The first-order valence-corrected chi connectivity index (χ1v) is 12.0. The Morgan fingerprint density at radius 3 is 2.26 bits per heavy atom. The maximum Gasteiger partial charge on any atom is 0.407 e. The molecule has 0 spiro atoms. The molecule has 3 atom stereocenters. The minimum atomic E-state index is -0.880. The highest BCUT2D eigenvalue weighted by atomic mass is 16.5. The van der Waals surface area contributed by atoms with Crippen LogP contribution in [0.15, 0.2) is 48.5 Å². The SMILES string of the molecule is CC(CNC(=O)C1CCCCC1NC(=O)OCC1c2ccccc2-c2ccccc21)CC(=O)O. The molecule has 0 radical (unpaired) electrons. The zero-order valence-electron chi connectivity index (χ0n) is 19.5. The van der Waals surface area contributed by atoms with Crippen LogP contribution in [0.2, 0.25) is 0 Å². The highest BCUT2D eigenvalue weighted by molar-refractivity contribution is 5.81. The number of amides is 2. The molecule has 34 heavy (non-hydrogen) atoms. The first-order valence-electron chi connectivity index (χ1n) is 12.0. The van der Waals surface area contributed by atoms with Gasteiger partial charge in [0.1, 0.15) is 6.61 Å². The Morgan fingerprint density at radius 1 is 1.00 bits per heavy atom. The van der Waals surface area contributed by atoms with E-state index >= 15 is 0 Å². The number of alkyl carbamates (subject to hydrolysis) is 1. The highest BCUT2D eigenvalue weighted by Gasteiger charge is 2.33. The third-order valence-electron chi connectivity index (χ3n) is 6.90. The summed E-state index contributed by atoms with van der Waals surface area (Å²) in [5.74, 6) is -1.53. The van der Waals surface area contributed by atoms with Gasteiger partial charge in [-0.15, -0.1) is 0 Å². The molecule has 7 heteroatoms. The molecule has 3 N–H and O–H groups in total. The topological polar surface area (TPSA) is 105 Å². The number of benzene rings is 2. The fourth-order valence-corrected chi connectivity index (χ4v) is 5.19. The molecule has 3 unspecified atom stereocenters. The van der Waals surface area contributed by atoms with Gasteiger partial charge >= 0.3 is 12.1 Å². The van der Waals surface area contributed by atoms with Crippen LogP contribution in [0.5, 0.6) is 0 Å². The number of carbonyl (C=O) groups is 3. The number of rotatable bonds is 8. The molecule has 2 aromatic rings. The number of nitrogens with one attached hydrogen (secondary N) is 2. The lowest BCUT2D eigenvalue weighted by Gasteiger charge is -2.31. The average Bonchev–Trinajstić information content (AvgIpc) is 3.15. The Morgan fingerprint density at radius 2 is 1.62 bits per heavy atom. The summed E-state index contributed by atoms with van der Waals surface area (Å²) in [5.41, 5.74) is 4.66. The Hall–Kier alpha value is -3.35. The molecular formula is C27H32N2O5. The Labute approximate surface area is 199 Å². The van der Waals surface area contributed by atoms with Crippen LogP contribution in [0.1, 0.15) is 56.1 Å². The summed E-state index contributed by atoms with van der Waals surface area (Å²) in [5, 5.41) is 14.7. The van der Waals surface area contributed by atoms with E-state index in [2.05, 4.69) is 34.9 Å². The summed E-state index contributed by atoms with van der Waals surface area (Å²) in [6, 6.07) is 16.1. The Balaban J connectivity index is 1.34. The molecule has 0 heterocycles. The van der Waals surface area contributed by atoms with Crippen molar-refractivity contribution in [1.29, 1.82) is 0 Å². The molecule has 2 amide bonds. The summed E-state index contributed by atoms with van der Waals surface area (Å²) in [6.45, 7) is 2.33. The van der Waals surface area contributed by atoms with E-state index in [0.29, 0.717) is 19.4 Å². The second-order valence-electron chi connectivity index (χ2n) is 9.42. The Kier molecular flexibility index (Phi) is 7.50. The van der Waals surface area contributed by atoms with Gasteiger partial charge < -0.3 is 20.5 Å². The quantitative estimate of drug-likeness (QED) is 0.540. The molecule has 7 nitrogen and oxygen atoms in total. The van der Waals surface area contributed by atoms with Gasteiger partial charge in [-0.25, -0.2) is 4.79 Å². The highest BCUT2D eigenvalue weighted by Crippen LogP contribution is 2.44. The fourth-order valence-electron chi connectivity index (χ4n) is 5.19. The van der Waals surface area contributed by atoms with Crippen LogP contribution in [-0.2, 0) is 14.3 Å². The van der Waals surface area contributed by atoms with E-state index in [1.165, 1.54) is 11.1 Å². The minimum Gasteiger partial charge on any atom is -0.481 e. The monoisotopic (exact) mass is 464 g/mol. The van der Waals surface area contributed by atoms with Crippen molar-refractivity contribution in [2.75, 3.05) is 13.2 Å². The van der Waals surface area contributed by atoms with E-state index in [-0.39, 0.29) is 42.7 Å². The normalized spacial score (nSPS) is 20.0. The fraction of sp³-hybridized carbons (Fsp3) is 0.444. The van der Waals surface area contributed by atoms with Gasteiger partial charge in [-0.2, -0.15) is 0 Å². The smallest absolute Gasteiger partial charge is 0.407 e. The summed E-state index contributed by atoms with van der Waals surface area (Å²) in [6.07, 6.45) is 2.76. The number of carboxylic acids is 1. The molecule has 0 aromatic heterocycles. The first-order chi connectivity index (χ1) is 16.4. The number of hydrogen-bond donors (Lipinski definition) is 3. The molecule has 2 aliphatic carbocycles. The van der Waals surface area contributed by atoms with Crippen LogP contribution in [0, 0.1) is 11.8 Å². The molecule has 2 aliphatic rings. The van der Waals surface area contributed by atoms with Crippen molar-refractivity contribution >= 4 is 18.0 Å². The number of carbonyl (C=O) groups excluding carboxylic acids is 2. The van der Waals surface area contributed by atoms with Gasteiger partial charge in [-0.05, 0) is 41.0 Å². The summed E-state index contributed by atoms with van der Waals surface area (Å²) >= 11 is 0. The lowest BCUT2D eigenvalue weighted by molar-refractivity contribution is -0.138. The van der Waals surface area contributed by atoms with Gasteiger partial charge in [0.15, 0.2) is 0 Å².